The van der Waals surface area contributed by atoms with E-state index in [1.54, 1.807) is 6.07 Å². The number of hydrogen-bond donors (Lipinski definition) is 1. The maximum atomic E-state index is 12.7. The standard InChI is InChI=1S/C26H30N2O3/c1-6-18(3)22-9-7-8-10-24(22)27-25(29)16-31-26(30)23-15-19(4)28(20(23)5)21-13-11-17(2)12-14-21/h7-15,18H,6,16H2,1-5H3,(H,27,29)/t18-/m0/s1. The number of nitrogens with zero attached hydrogens (tertiary/aromatic N) is 1. The first-order chi connectivity index (χ1) is 14.8. The Morgan fingerprint density at radius 1 is 1.03 bits per heavy atom. The summed E-state index contributed by atoms with van der Waals surface area (Å²) in [5, 5.41) is 2.87. The number of ether oxygens (including phenoxy) is 1. The first kappa shape index (κ1) is 22.3. The lowest BCUT2D eigenvalue weighted by atomic mass is 9.97. The number of aromatic nitrogens is 1. The largest absolute Gasteiger partial charge is 0.452 e. The van der Waals surface area contributed by atoms with E-state index in [1.807, 2.05) is 73.9 Å². The quantitative estimate of drug-likeness (QED) is 0.500. The highest BCUT2D eigenvalue weighted by molar-refractivity contribution is 5.96. The Hall–Kier alpha value is -3.34. The predicted molar refractivity (Wildman–Crippen MR) is 124 cm³/mol. The van der Waals surface area contributed by atoms with Gasteiger partial charge >= 0.3 is 5.97 Å². The van der Waals surface area contributed by atoms with E-state index >= 15 is 0 Å². The lowest BCUT2D eigenvalue weighted by molar-refractivity contribution is -0.119. The Morgan fingerprint density at radius 3 is 2.39 bits per heavy atom. The van der Waals surface area contributed by atoms with Crippen LogP contribution in [0.5, 0.6) is 0 Å². The van der Waals surface area contributed by atoms with E-state index in [1.165, 1.54) is 5.56 Å². The van der Waals surface area contributed by atoms with Gasteiger partial charge in [-0.15, -0.1) is 0 Å². The highest BCUT2D eigenvalue weighted by Gasteiger charge is 2.19. The maximum absolute atomic E-state index is 12.7. The van der Waals surface area contributed by atoms with Crippen molar-refractivity contribution in [3.8, 4) is 5.69 Å². The van der Waals surface area contributed by atoms with Crippen molar-refractivity contribution in [1.82, 2.24) is 4.57 Å². The van der Waals surface area contributed by atoms with Crippen LogP contribution in [0.25, 0.3) is 5.69 Å². The molecule has 3 aromatic rings. The fourth-order valence-corrected chi connectivity index (χ4v) is 3.72. The second-order valence-electron chi connectivity index (χ2n) is 7.98. The van der Waals surface area contributed by atoms with Crippen LogP contribution in [0.1, 0.15) is 59.1 Å². The average Bonchev–Trinajstić information content (AvgIpc) is 3.06. The summed E-state index contributed by atoms with van der Waals surface area (Å²) in [4.78, 5) is 25.1. The van der Waals surface area contributed by atoms with E-state index in [-0.39, 0.29) is 12.5 Å². The zero-order valence-corrected chi connectivity index (χ0v) is 18.9. The van der Waals surface area contributed by atoms with Gasteiger partial charge in [0.1, 0.15) is 0 Å². The highest BCUT2D eigenvalue weighted by Crippen LogP contribution is 2.26. The molecule has 0 fully saturated rings. The zero-order valence-electron chi connectivity index (χ0n) is 18.9. The molecule has 1 heterocycles. The van der Waals surface area contributed by atoms with Gasteiger partial charge in [-0.05, 0) is 62.9 Å². The van der Waals surface area contributed by atoms with Crippen LogP contribution < -0.4 is 5.32 Å². The van der Waals surface area contributed by atoms with Crippen LogP contribution in [0.2, 0.25) is 0 Å². The molecular formula is C26H30N2O3. The first-order valence-corrected chi connectivity index (χ1v) is 10.6. The van der Waals surface area contributed by atoms with E-state index in [4.69, 9.17) is 4.74 Å². The molecule has 0 spiro atoms. The van der Waals surface area contributed by atoms with E-state index < -0.39 is 5.97 Å². The second-order valence-corrected chi connectivity index (χ2v) is 7.98. The van der Waals surface area contributed by atoms with Crippen LogP contribution in [0.3, 0.4) is 0 Å². The highest BCUT2D eigenvalue weighted by atomic mass is 16.5. The SMILES string of the molecule is CC[C@H](C)c1ccccc1NC(=O)COC(=O)c1cc(C)n(-c2ccc(C)cc2)c1C. The Labute approximate surface area is 184 Å². The Morgan fingerprint density at radius 2 is 1.71 bits per heavy atom. The number of rotatable bonds is 7. The number of para-hydroxylation sites is 1. The molecule has 1 N–H and O–H groups in total. The molecule has 162 valence electrons. The number of aryl methyl sites for hydroxylation is 2. The summed E-state index contributed by atoms with van der Waals surface area (Å²) < 4.78 is 7.34. The Kier molecular flexibility index (Phi) is 6.95. The summed E-state index contributed by atoms with van der Waals surface area (Å²) in [6, 6.07) is 17.6. The molecule has 1 amide bonds. The fourth-order valence-electron chi connectivity index (χ4n) is 3.72. The number of anilines is 1. The lowest BCUT2D eigenvalue weighted by Crippen LogP contribution is -2.22. The second kappa shape index (κ2) is 9.65. The summed E-state index contributed by atoms with van der Waals surface area (Å²) in [6.45, 7) is 9.76. The van der Waals surface area contributed by atoms with Crippen molar-refractivity contribution in [2.24, 2.45) is 0 Å². The molecule has 0 aliphatic heterocycles. The molecule has 0 bridgehead atoms. The van der Waals surface area contributed by atoms with Gasteiger partial charge in [-0.25, -0.2) is 4.79 Å². The molecule has 1 aromatic heterocycles. The topological polar surface area (TPSA) is 60.3 Å². The van der Waals surface area contributed by atoms with Crippen LogP contribution in [-0.4, -0.2) is 23.1 Å². The molecule has 31 heavy (non-hydrogen) atoms. The molecule has 1 atom stereocenters. The third-order valence-corrected chi connectivity index (χ3v) is 5.66. The summed E-state index contributed by atoms with van der Waals surface area (Å²) in [6.07, 6.45) is 0.971. The summed E-state index contributed by atoms with van der Waals surface area (Å²) in [5.74, 6) is -0.528. The molecule has 5 nitrogen and oxygen atoms in total. The summed E-state index contributed by atoms with van der Waals surface area (Å²) in [5.41, 5.74) is 6.17. The van der Waals surface area contributed by atoms with Gasteiger partial charge in [0.25, 0.3) is 5.91 Å². The zero-order chi connectivity index (χ0) is 22.5. The van der Waals surface area contributed by atoms with Gasteiger partial charge in [0, 0.05) is 22.8 Å². The molecule has 5 heteroatoms. The van der Waals surface area contributed by atoms with Crippen molar-refractivity contribution in [1.29, 1.82) is 0 Å². The molecule has 0 aliphatic rings. The Bertz CT molecular complexity index is 1080. The number of nitrogens with one attached hydrogen (secondary N) is 1. The number of hydrogen-bond acceptors (Lipinski definition) is 3. The maximum Gasteiger partial charge on any atom is 0.340 e. The first-order valence-electron chi connectivity index (χ1n) is 10.6. The number of amides is 1. The van der Waals surface area contributed by atoms with Gasteiger partial charge in [0.15, 0.2) is 6.61 Å². The number of carbonyl (C=O) groups is 2. The molecule has 3 rings (SSSR count). The van der Waals surface area contributed by atoms with Gasteiger partial charge in [-0.3, -0.25) is 4.79 Å². The van der Waals surface area contributed by atoms with Gasteiger partial charge < -0.3 is 14.6 Å². The monoisotopic (exact) mass is 418 g/mol. The Balaban J connectivity index is 1.69. The van der Waals surface area contributed by atoms with E-state index in [0.29, 0.717) is 11.5 Å². The minimum Gasteiger partial charge on any atom is -0.452 e. The molecule has 0 unspecified atom stereocenters. The van der Waals surface area contributed by atoms with Crippen molar-refractivity contribution in [3.05, 3.63) is 82.7 Å². The average molecular weight is 419 g/mol. The minimum absolute atomic E-state index is 0.325. The fraction of sp³-hybridized carbons (Fsp3) is 0.308. The molecule has 0 radical (unpaired) electrons. The van der Waals surface area contributed by atoms with Crippen molar-refractivity contribution in [2.45, 2.75) is 47.0 Å². The smallest absolute Gasteiger partial charge is 0.340 e. The van der Waals surface area contributed by atoms with Gasteiger partial charge in [-0.1, -0.05) is 49.7 Å². The van der Waals surface area contributed by atoms with Crippen molar-refractivity contribution >= 4 is 17.6 Å². The number of esters is 1. The van der Waals surface area contributed by atoms with Crippen molar-refractivity contribution in [3.63, 3.8) is 0 Å². The minimum atomic E-state index is -0.503. The van der Waals surface area contributed by atoms with E-state index in [0.717, 1.165) is 34.7 Å². The van der Waals surface area contributed by atoms with Gasteiger partial charge in [0.05, 0.1) is 5.56 Å². The molecule has 0 saturated carbocycles. The van der Waals surface area contributed by atoms with E-state index in [2.05, 4.69) is 19.2 Å². The van der Waals surface area contributed by atoms with Crippen LogP contribution in [0.4, 0.5) is 5.69 Å². The van der Waals surface area contributed by atoms with Crippen molar-refractivity contribution < 1.29 is 14.3 Å². The van der Waals surface area contributed by atoms with Crippen LogP contribution >= 0.6 is 0 Å². The summed E-state index contributed by atoms with van der Waals surface area (Å²) >= 11 is 0. The molecular weight excluding hydrogens is 388 g/mol. The number of benzene rings is 2. The van der Waals surface area contributed by atoms with E-state index in [9.17, 15) is 9.59 Å². The number of carbonyl (C=O) groups excluding carboxylic acids is 2. The van der Waals surface area contributed by atoms with Crippen LogP contribution in [0, 0.1) is 20.8 Å². The van der Waals surface area contributed by atoms with Gasteiger partial charge in [-0.2, -0.15) is 0 Å². The molecule has 0 aliphatic carbocycles. The predicted octanol–water partition coefficient (Wildman–Crippen LogP) is 5.71. The lowest BCUT2D eigenvalue weighted by Gasteiger charge is -2.15. The third kappa shape index (κ3) is 5.05. The van der Waals surface area contributed by atoms with Gasteiger partial charge in [0.2, 0.25) is 0 Å². The molecule has 2 aromatic carbocycles. The summed E-state index contributed by atoms with van der Waals surface area (Å²) in [7, 11) is 0. The van der Waals surface area contributed by atoms with Crippen LogP contribution in [-0.2, 0) is 9.53 Å². The normalized spacial score (nSPS) is 11.8. The van der Waals surface area contributed by atoms with Crippen molar-refractivity contribution in [2.75, 3.05) is 11.9 Å². The molecule has 0 saturated heterocycles. The van der Waals surface area contributed by atoms with Crippen LogP contribution in [0.15, 0.2) is 54.6 Å². The third-order valence-electron chi connectivity index (χ3n) is 5.66.